The van der Waals surface area contributed by atoms with Crippen molar-refractivity contribution in [2.45, 2.75) is 18.8 Å². The molecular formula is C17H16Cl2F2. The molecule has 0 fully saturated rings. The molecule has 2 aromatic carbocycles. The molecule has 0 radical (unpaired) electrons. The fourth-order valence-electron chi connectivity index (χ4n) is 2.39. The van der Waals surface area contributed by atoms with Gasteiger partial charge in [-0.2, -0.15) is 0 Å². The van der Waals surface area contributed by atoms with Crippen molar-refractivity contribution in [2.75, 3.05) is 11.8 Å². The molecule has 21 heavy (non-hydrogen) atoms. The van der Waals surface area contributed by atoms with Crippen LogP contribution in [0.2, 0.25) is 0 Å². The fraction of sp³-hybridized carbons (Fsp3) is 0.294. The Bertz CT molecular complexity index is 622. The predicted molar refractivity (Wildman–Crippen MR) is 84.4 cm³/mol. The van der Waals surface area contributed by atoms with Crippen LogP contribution < -0.4 is 0 Å². The summed E-state index contributed by atoms with van der Waals surface area (Å²) in [4.78, 5) is 0. The zero-order valence-corrected chi connectivity index (χ0v) is 13.2. The third-order valence-corrected chi connectivity index (χ3v) is 4.71. The van der Waals surface area contributed by atoms with E-state index in [-0.39, 0.29) is 11.8 Å². The van der Waals surface area contributed by atoms with Gasteiger partial charge in [-0.1, -0.05) is 35.9 Å². The maximum absolute atomic E-state index is 13.9. The van der Waals surface area contributed by atoms with Gasteiger partial charge in [-0.25, -0.2) is 8.78 Å². The number of rotatable bonds is 5. The molecule has 0 aliphatic rings. The Morgan fingerprint density at radius 2 is 1.71 bits per heavy atom. The van der Waals surface area contributed by atoms with E-state index in [1.807, 2.05) is 31.2 Å². The van der Waals surface area contributed by atoms with Crippen LogP contribution in [0.1, 0.15) is 16.7 Å². The van der Waals surface area contributed by atoms with E-state index in [0.717, 1.165) is 17.2 Å². The highest BCUT2D eigenvalue weighted by Gasteiger charge is 2.32. The van der Waals surface area contributed by atoms with Gasteiger partial charge in [0, 0.05) is 23.2 Å². The lowest BCUT2D eigenvalue weighted by Crippen LogP contribution is -2.33. The Morgan fingerprint density at radius 1 is 1.00 bits per heavy atom. The summed E-state index contributed by atoms with van der Waals surface area (Å²) in [6.45, 7) is 1.98. The summed E-state index contributed by atoms with van der Waals surface area (Å²) in [6.07, 6.45) is 0.329. The van der Waals surface area contributed by atoms with Crippen molar-refractivity contribution >= 4 is 23.2 Å². The van der Waals surface area contributed by atoms with Gasteiger partial charge in [0.15, 0.2) is 0 Å². The van der Waals surface area contributed by atoms with Crippen molar-refractivity contribution in [3.8, 4) is 0 Å². The van der Waals surface area contributed by atoms with Crippen LogP contribution in [0.4, 0.5) is 8.78 Å². The van der Waals surface area contributed by atoms with E-state index in [1.54, 1.807) is 0 Å². The first-order valence-corrected chi connectivity index (χ1v) is 7.71. The number of benzene rings is 2. The maximum atomic E-state index is 13.9. The van der Waals surface area contributed by atoms with Crippen LogP contribution in [0.3, 0.4) is 0 Å². The summed E-state index contributed by atoms with van der Waals surface area (Å²) in [7, 11) is 0. The highest BCUT2D eigenvalue weighted by atomic mass is 35.5. The van der Waals surface area contributed by atoms with Crippen LogP contribution in [-0.2, 0) is 11.8 Å². The molecular weight excluding hydrogens is 313 g/mol. The molecule has 4 heteroatoms. The van der Waals surface area contributed by atoms with Crippen molar-refractivity contribution in [1.29, 1.82) is 0 Å². The maximum Gasteiger partial charge on any atom is 0.129 e. The highest BCUT2D eigenvalue weighted by molar-refractivity contribution is 6.22. The third kappa shape index (κ3) is 3.56. The summed E-state index contributed by atoms with van der Waals surface area (Å²) in [5.41, 5.74) is 1.90. The summed E-state index contributed by atoms with van der Waals surface area (Å²) >= 11 is 12.3. The van der Waals surface area contributed by atoms with E-state index in [0.29, 0.717) is 12.0 Å². The van der Waals surface area contributed by atoms with Gasteiger partial charge in [-0.05, 0) is 30.5 Å². The van der Waals surface area contributed by atoms with E-state index in [9.17, 15) is 8.78 Å². The lowest BCUT2D eigenvalue weighted by molar-refractivity contribution is 0.506. The number of hydrogen-bond acceptors (Lipinski definition) is 0. The van der Waals surface area contributed by atoms with Crippen molar-refractivity contribution in [3.63, 3.8) is 0 Å². The zero-order valence-electron chi connectivity index (χ0n) is 11.7. The first-order chi connectivity index (χ1) is 10.0. The van der Waals surface area contributed by atoms with Crippen LogP contribution in [0, 0.1) is 18.6 Å². The van der Waals surface area contributed by atoms with Gasteiger partial charge >= 0.3 is 0 Å². The Kier molecular flexibility index (Phi) is 5.23. The molecule has 0 saturated heterocycles. The van der Waals surface area contributed by atoms with Gasteiger partial charge in [-0.15, -0.1) is 23.2 Å². The zero-order chi connectivity index (χ0) is 15.5. The molecule has 0 nitrogen and oxygen atoms in total. The van der Waals surface area contributed by atoms with Crippen LogP contribution in [-0.4, -0.2) is 11.8 Å². The smallest absolute Gasteiger partial charge is 0.129 e. The topological polar surface area (TPSA) is 0 Å². The molecule has 2 rings (SSSR count). The average molecular weight is 329 g/mol. The van der Waals surface area contributed by atoms with Crippen molar-refractivity contribution in [1.82, 2.24) is 0 Å². The second kappa shape index (κ2) is 6.76. The van der Waals surface area contributed by atoms with Crippen LogP contribution in [0.5, 0.6) is 0 Å². The summed E-state index contributed by atoms with van der Waals surface area (Å²) in [5.74, 6) is -0.635. The lowest BCUT2D eigenvalue weighted by Gasteiger charge is -2.31. The van der Waals surface area contributed by atoms with Gasteiger partial charge in [0.25, 0.3) is 0 Å². The Hall–Kier alpha value is -1.12. The van der Waals surface area contributed by atoms with Crippen molar-refractivity contribution < 1.29 is 8.78 Å². The van der Waals surface area contributed by atoms with Gasteiger partial charge in [0.05, 0.1) is 0 Å². The van der Waals surface area contributed by atoms with Crippen molar-refractivity contribution in [2.24, 2.45) is 0 Å². The number of hydrogen-bond donors (Lipinski definition) is 0. The summed E-state index contributed by atoms with van der Waals surface area (Å²) < 4.78 is 27.0. The third-order valence-electron chi connectivity index (χ3n) is 3.69. The van der Waals surface area contributed by atoms with Crippen LogP contribution in [0.15, 0.2) is 42.5 Å². The minimum Gasteiger partial charge on any atom is -0.207 e. The normalized spacial score (nSPS) is 11.7. The molecule has 0 aliphatic heterocycles. The Morgan fingerprint density at radius 3 is 2.29 bits per heavy atom. The Labute approximate surface area is 133 Å². The number of aryl methyl sites for hydroxylation is 1. The summed E-state index contributed by atoms with van der Waals surface area (Å²) in [6, 6.07) is 11.5. The molecule has 0 spiro atoms. The molecule has 0 heterocycles. The molecule has 0 amide bonds. The lowest BCUT2D eigenvalue weighted by atomic mass is 9.78. The van der Waals surface area contributed by atoms with E-state index >= 15 is 0 Å². The van der Waals surface area contributed by atoms with Crippen molar-refractivity contribution in [3.05, 3.63) is 70.8 Å². The van der Waals surface area contributed by atoms with Gasteiger partial charge in [-0.3, -0.25) is 0 Å². The summed E-state index contributed by atoms with van der Waals surface area (Å²) in [5, 5.41) is 0. The molecule has 0 aliphatic carbocycles. The second-order valence-corrected chi connectivity index (χ2v) is 5.86. The molecule has 112 valence electrons. The first kappa shape index (κ1) is 16.3. The quantitative estimate of drug-likeness (QED) is 0.659. The molecule has 0 unspecified atom stereocenters. The monoisotopic (exact) mass is 328 g/mol. The minimum absolute atomic E-state index is 0.261. The number of halogens is 4. The van der Waals surface area contributed by atoms with Crippen LogP contribution in [0.25, 0.3) is 0 Å². The number of alkyl halides is 2. The molecule has 0 bridgehead atoms. The van der Waals surface area contributed by atoms with Gasteiger partial charge in [0.1, 0.15) is 11.6 Å². The van der Waals surface area contributed by atoms with E-state index in [2.05, 4.69) is 0 Å². The second-order valence-electron chi connectivity index (χ2n) is 5.33. The first-order valence-electron chi connectivity index (χ1n) is 6.64. The van der Waals surface area contributed by atoms with Crippen LogP contribution >= 0.6 is 23.2 Å². The molecule has 0 atom stereocenters. The Balaban J connectivity index is 2.43. The van der Waals surface area contributed by atoms with E-state index < -0.39 is 17.0 Å². The molecule has 0 N–H and O–H groups in total. The SMILES string of the molecule is Cc1cccc(C(CCl)(CCl)Cc2ccc(F)cc2F)c1. The minimum atomic E-state index is -0.589. The van der Waals surface area contributed by atoms with E-state index in [4.69, 9.17) is 23.2 Å². The molecule has 0 aromatic heterocycles. The molecule has 0 saturated carbocycles. The largest absolute Gasteiger partial charge is 0.207 e. The highest BCUT2D eigenvalue weighted by Crippen LogP contribution is 2.33. The van der Waals surface area contributed by atoms with Gasteiger partial charge < -0.3 is 0 Å². The van der Waals surface area contributed by atoms with E-state index in [1.165, 1.54) is 12.1 Å². The fourth-order valence-corrected chi connectivity index (χ4v) is 3.17. The predicted octanol–water partition coefficient (Wildman–Crippen LogP) is 5.23. The molecule has 2 aromatic rings. The average Bonchev–Trinajstić information content (AvgIpc) is 2.47. The standard InChI is InChI=1S/C17H16Cl2F2/c1-12-3-2-4-14(7-12)17(10-18,11-19)9-13-5-6-15(20)8-16(13)21/h2-8H,9-11H2,1H3. The van der Waals surface area contributed by atoms with Gasteiger partial charge in [0.2, 0.25) is 0 Å².